The number of sulfonamides is 1. The first-order valence-electron chi connectivity index (χ1n) is 11.4. The molecule has 0 saturated carbocycles. The minimum Gasteiger partial charge on any atom is -0.340 e. The molecule has 174 valence electrons. The number of carbonyl (C=O) groups is 1. The molecule has 1 saturated heterocycles. The van der Waals surface area contributed by atoms with Crippen LogP contribution in [0.2, 0.25) is 0 Å². The minimum absolute atomic E-state index is 0.00854. The van der Waals surface area contributed by atoms with Gasteiger partial charge in [0.15, 0.2) is 0 Å². The molecule has 2 aromatic rings. The van der Waals surface area contributed by atoms with Gasteiger partial charge in [-0.15, -0.1) is 0 Å². The Balaban J connectivity index is 1.80. The molecule has 7 heteroatoms. The topological polar surface area (TPSA) is 69.7 Å². The Hall–Kier alpha value is -2.22. The summed E-state index contributed by atoms with van der Waals surface area (Å²) in [6, 6.07) is 17.0. The van der Waals surface area contributed by atoms with Crippen molar-refractivity contribution >= 4 is 15.9 Å². The Bertz CT molecular complexity index is 969. The van der Waals surface area contributed by atoms with Crippen molar-refractivity contribution < 1.29 is 13.2 Å². The molecule has 2 aromatic carbocycles. The first kappa shape index (κ1) is 24.4. The molecule has 0 spiro atoms. The van der Waals surface area contributed by atoms with Gasteiger partial charge in [-0.25, -0.2) is 8.42 Å². The van der Waals surface area contributed by atoms with E-state index in [9.17, 15) is 13.2 Å². The highest BCUT2D eigenvalue weighted by molar-refractivity contribution is 7.89. The van der Waals surface area contributed by atoms with Crippen molar-refractivity contribution in [1.82, 2.24) is 14.5 Å². The van der Waals surface area contributed by atoms with E-state index in [4.69, 9.17) is 0 Å². The van der Waals surface area contributed by atoms with Gasteiger partial charge in [-0.1, -0.05) is 63.2 Å². The number of amides is 1. The van der Waals surface area contributed by atoms with Crippen LogP contribution in [-0.2, 0) is 14.8 Å². The van der Waals surface area contributed by atoms with E-state index < -0.39 is 10.0 Å². The fourth-order valence-corrected chi connectivity index (χ4v) is 5.50. The lowest BCUT2D eigenvalue weighted by Crippen LogP contribution is -2.47. The molecule has 0 bridgehead atoms. The molecule has 0 unspecified atom stereocenters. The van der Waals surface area contributed by atoms with Gasteiger partial charge in [-0.2, -0.15) is 4.31 Å². The fourth-order valence-electron chi connectivity index (χ4n) is 3.97. The summed E-state index contributed by atoms with van der Waals surface area (Å²) in [5.41, 5.74) is 2.18. The molecule has 0 aliphatic carbocycles. The third-order valence-electron chi connectivity index (χ3n) is 6.08. The smallest absolute Gasteiger partial charge is 0.243 e. The number of piperazine rings is 1. The molecule has 1 amide bonds. The number of carbonyl (C=O) groups excluding carboxylic acids is 1. The molecule has 1 heterocycles. The zero-order valence-electron chi connectivity index (χ0n) is 19.3. The van der Waals surface area contributed by atoms with Crippen molar-refractivity contribution in [3.8, 4) is 0 Å². The molecule has 32 heavy (non-hydrogen) atoms. The second kappa shape index (κ2) is 11.1. The van der Waals surface area contributed by atoms with Crippen molar-refractivity contribution in [3.05, 3.63) is 65.7 Å². The van der Waals surface area contributed by atoms with Crippen LogP contribution in [0.25, 0.3) is 0 Å². The third-order valence-corrected chi connectivity index (χ3v) is 7.95. The predicted octanol–water partition coefficient (Wildman–Crippen LogP) is 3.43. The summed E-state index contributed by atoms with van der Waals surface area (Å²) < 4.78 is 28.6. The van der Waals surface area contributed by atoms with E-state index in [0.29, 0.717) is 25.6 Å². The van der Waals surface area contributed by atoms with Crippen LogP contribution < -0.4 is 5.32 Å². The second-order valence-corrected chi connectivity index (χ2v) is 10.7. The molecule has 6 nitrogen and oxygen atoms in total. The largest absolute Gasteiger partial charge is 0.340 e. The van der Waals surface area contributed by atoms with Gasteiger partial charge in [0, 0.05) is 45.7 Å². The van der Waals surface area contributed by atoms with E-state index in [1.807, 2.05) is 54.3 Å². The van der Waals surface area contributed by atoms with Crippen molar-refractivity contribution in [2.24, 2.45) is 0 Å². The number of hydrogen-bond donors (Lipinski definition) is 1. The quantitative estimate of drug-likeness (QED) is 0.626. The number of nitrogens with one attached hydrogen (secondary N) is 1. The highest BCUT2D eigenvalue weighted by atomic mass is 32.2. The van der Waals surface area contributed by atoms with Crippen LogP contribution in [0.4, 0.5) is 0 Å². The molecule has 1 N–H and O–H groups in total. The van der Waals surface area contributed by atoms with Crippen LogP contribution in [0.5, 0.6) is 0 Å². The molecule has 1 aliphatic rings. The highest BCUT2D eigenvalue weighted by Crippen LogP contribution is 2.24. The normalized spacial score (nSPS) is 15.8. The summed E-state index contributed by atoms with van der Waals surface area (Å²) in [6.07, 6.45) is 0.185. The van der Waals surface area contributed by atoms with E-state index in [-0.39, 0.29) is 29.7 Å². The lowest BCUT2D eigenvalue weighted by atomic mass is 10.0. The average molecular weight is 458 g/mol. The van der Waals surface area contributed by atoms with E-state index in [2.05, 4.69) is 19.2 Å². The molecule has 1 aliphatic heterocycles. The highest BCUT2D eigenvalue weighted by Gasteiger charge is 2.28. The summed E-state index contributed by atoms with van der Waals surface area (Å²) in [6.45, 7) is 9.59. The van der Waals surface area contributed by atoms with Crippen molar-refractivity contribution in [2.45, 2.75) is 43.9 Å². The van der Waals surface area contributed by atoms with Crippen LogP contribution in [-0.4, -0.2) is 62.8 Å². The van der Waals surface area contributed by atoms with E-state index in [1.54, 1.807) is 12.1 Å². The monoisotopic (exact) mass is 457 g/mol. The standard InChI is InChI=1S/C25H35N3O3S/c1-20(2)22-9-11-24(12-10-22)32(30,31)28(19-21(3)23-7-5-4-6-8-23)16-13-25(29)27-17-14-26-15-18-27/h4-12,20-21,26H,13-19H2,1-3H3/t21-/m1/s1. The van der Waals surface area contributed by atoms with Crippen molar-refractivity contribution in [3.63, 3.8) is 0 Å². The van der Waals surface area contributed by atoms with Crippen LogP contribution >= 0.6 is 0 Å². The van der Waals surface area contributed by atoms with Gasteiger partial charge >= 0.3 is 0 Å². The van der Waals surface area contributed by atoms with Crippen LogP contribution in [0.3, 0.4) is 0 Å². The van der Waals surface area contributed by atoms with Crippen LogP contribution in [0.15, 0.2) is 59.5 Å². The lowest BCUT2D eigenvalue weighted by Gasteiger charge is -2.29. The van der Waals surface area contributed by atoms with Crippen molar-refractivity contribution in [2.75, 3.05) is 39.3 Å². The number of nitrogens with zero attached hydrogens (tertiary/aromatic N) is 2. The van der Waals surface area contributed by atoms with Gasteiger partial charge in [-0.3, -0.25) is 4.79 Å². The fraction of sp³-hybridized carbons (Fsp3) is 0.480. The maximum absolute atomic E-state index is 13.6. The summed E-state index contributed by atoms with van der Waals surface area (Å²) in [7, 11) is -3.72. The maximum atomic E-state index is 13.6. The Morgan fingerprint density at radius 3 is 2.19 bits per heavy atom. The number of benzene rings is 2. The van der Waals surface area contributed by atoms with E-state index in [0.717, 1.165) is 24.2 Å². The van der Waals surface area contributed by atoms with Crippen molar-refractivity contribution in [1.29, 1.82) is 0 Å². The van der Waals surface area contributed by atoms with Gasteiger partial charge in [0.05, 0.1) is 4.90 Å². The summed E-state index contributed by atoms with van der Waals surface area (Å²) in [4.78, 5) is 14.8. The minimum atomic E-state index is -3.72. The van der Waals surface area contributed by atoms with E-state index >= 15 is 0 Å². The van der Waals surface area contributed by atoms with Crippen LogP contribution in [0.1, 0.15) is 50.2 Å². The molecule has 3 rings (SSSR count). The predicted molar refractivity (Wildman–Crippen MR) is 128 cm³/mol. The molecular weight excluding hydrogens is 422 g/mol. The SMILES string of the molecule is CC(C)c1ccc(S(=O)(=O)N(CCC(=O)N2CCNCC2)C[C@@H](C)c2ccccc2)cc1. The maximum Gasteiger partial charge on any atom is 0.243 e. The van der Waals surface area contributed by atoms with Gasteiger partial charge in [0.25, 0.3) is 0 Å². The summed E-state index contributed by atoms with van der Waals surface area (Å²) in [5.74, 6) is 0.349. The Kier molecular flexibility index (Phi) is 8.45. The molecule has 0 aromatic heterocycles. The molecule has 0 radical (unpaired) electrons. The Morgan fingerprint density at radius 1 is 0.969 bits per heavy atom. The first-order chi connectivity index (χ1) is 15.3. The summed E-state index contributed by atoms with van der Waals surface area (Å²) >= 11 is 0. The van der Waals surface area contributed by atoms with Crippen LogP contribution in [0, 0.1) is 0 Å². The molecule has 1 atom stereocenters. The third kappa shape index (κ3) is 6.18. The number of rotatable bonds is 9. The Labute approximate surface area is 192 Å². The average Bonchev–Trinajstić information content (AvgIpc) is 2.82. The molecule has 1 fully saturated rings. The first-order valence-corrected chi connectivity index (χ1v) is 12.9. The number of hydrogen-bond acceptors (Lipinski definition) is 4. The lowest BCUT2D eigenvalue weighted by molar-refractivity contribution is -0.131. The molecular formula is C25H35N3O3S. The second-order valence-electron chi connectivity index (χ2n) is 8.78. The van der Waals surface area contributed by atoms with Gasteiger partial charge < -0.3 is 10.2 Å². The Morgan fingerprint density at radius 2 is 1.59 bits per heavy atom. The van der Waals surface area contributed by atoms with Gasteiger partial charge in [0.2, 0.25) is 15.9 Å². The van der Waals surface area contributed by atoms with Gasteiger partial charge in [0.1, 0.15) is 0 Å². The zero-order chi connectivity index (χ0) is 23.1. The zero-order valence-corrected chi connectivity index (χ0v) is 20.1. The van der Waals surface area contributed by atoms with Gasteiger partial charge in [-0.05, 0) is 35.1 Å². The summed E-state index contributed by atoms with van der Waals surface area (Å²) in [5, 5.41) is 3.24. The van der Waals surface area contributed by atoms with E-state index in [1.165, 1.54) is 4.31 Å².